The maximum Gasteiger partial charge on any atom is 0.123 e. The molecule has 3 rings (SSSR count). The Morgan fingerprint density at radius 2 is 2.00 bits per heavy atom. The second-order valence-corrected chi connectivity index (χ2v) is 6.65. The van der Waals surface area contributed by atoms with Gasteiger partial charge in [0.15, 0.2) is 0 Å². The minimum atomic E-state index is -0.550. The molecule has 2 unspecified atom stereocenters. The van der Waals surface area contributed by atoms with Crippen LogP contribution in [0.25, 0.3) is 0 Å². The average molecular weight is 291 g/mol. The van der Waals surface area contributed by atoms with Crippen LogP contribution in [0.15, 0.2) is 24.3 Å². The molecule has 2 nitrogen and oxygen atoms in total. The van der Waals surface area contributed by atoms with Crippen molar-refractivity contribution in [2.75, 3.05) is 13.1 Å². The predicted molar refractivity (Wildman–Crippen MR) is 82.5 cm³/mol. The highest BCUT2D eigenvalue weighted by Gasteiger charge is 2.33. The third kappa shape index (κ3) is 3.64. The molecule has 2 atom stereocenters. The predicted octanol–water partition coefficient (Wildman–Crippen LogP) is 3.90. The van der Waals surface area contributed by atoms with Crippen LogP contribution < -0.4 is 0 Å². The number of hydrogen-bond donors (Lipinski definition) is 1. The summed E-state index contributed by atoms with van der Waals surface area (Å²) >= 11 is 0. The maximum absolute atomic E-state index is 13.2. The van der Waals surface area contributed by atoms with Crippen LogP contribution in [0.3, 0.4) is 0 Å². The van der Waals surface area contributed by atoms with Gasteiger partial charge in [-0.05, 0) is 62.3 Å². The maximum atomic E-state index is 13.2. The lowest BCUT2D eigenvalue weighted by atomic mass is 9.95. The highest BCUT2D eigenvalue weighted by atomic mass is 19.1. The summed E-state index contributed by atoms with van der Waals surface area (Å²) < 4.78 is 13.2. The molecule has 1 aromatic rings. The SMILES string of the molecule is OC(CCN1CCCC1C1CCCC1)c1cccc(F)c1. The van der Waals surface area contributed by atoms with E-state index in [1.165, 1.54) is 50.7 Å². The topological polar surface area (TPSA) is 23.5 Å². The fraction of sp³-hybridized carbons (Fsp3) is 0.667. The fourth-order valence-corrected chi connectivity index (χ4v) is 4.17. The molecule has 1 aliphatic carbocycles. The minimum Gasteiger partial charge on any atom is -0.388 e. The zero-order valence-electron chi connectivity index (χ0n) is 12.7. The van der Waals surface area contributed by atoms with Gasteiger partial charge >= 0.3 is 0 Å². The third-order valence-electron chi connectivity index (χ3n) is 5.28. The summed E-state index contributed by atoms with van der Waals surface area (Å²) in [7, 11) is 0. The minimum absolute atomic E-state index is 0.267. The number of halogens is 1. The Hall–Kier alpha value is -0.930. The number of likely N-dealkylation sites (tertiary alicyclic amines) is 1. The van der Waals surface area contributed by atoms with Crippen molar-refractivity contribution in [1.82, 2.24) is 4.90 Å². The van der Waals surface area contributed by atoms with Crippen LogP contribution >= 0.6 is 0 Å². The lowest BCUT2D eigenvalue weighted by Crippen LogP contribution is -2.35. The number of benzene rings is 1. The first-order valence-electron chi connectivity index (χ1n) is 8.41. The molecule has 1 aromatic carbocycles. The summed E-state index contributed by atoms with van der Waals surface area (Å²) in [6, 6.07) is 7.08. The number of rotatable bonds is 5. The lowest BCUT2D eigenvalue weighted by Gasteiger charge is -2.30. The highest BCUT2D eigenvalue weighted by molar-refractivity contribution is 5.18. The summed E-state index contributed by atoms with van der Waals surface area (Å²) in [5.74, 6) is 0.607. The van der Waals surface area contributed by atoms with E-state index in [1.54, 1.807) is 6.07 Å². The Balaban J connectivity index is 1.54. The average Bonchev–Trinajstić information content (AvgIpc) is 3.15. The van der Waals surface area contributed by atoms with E-state index < -0.39 is 6.10 Å². The van der Waals surface area contributed by atoms with Gasteiger partial charge in [0.2, 0.25) is 0 Å². The fourth-order valence-electron chi connectivity index (χ4n) is 4.17. The number of hydrogen-bond acceptors (Lipinski definition) is 2. The highest BCUT2D eigenvalue weighted by Crippen LogP contribution is 2.35. The first-order chi connectivity index (χ1) is 10.2. The Morgan fingerprint density at radius 1 is 1.19 bits per heavy atom. The van der Waals surface area contributed by atoms with Crippen LogP contribution in [-0.4, -0.2) is 29.1 Å². The zero-order valence-corrected chi connectivity index (χ0v) is 12.7. The van der Waals surface area contributed by atoms with E-state index in [-0.39, 0.29) is 5.82 Å². The van der Waals surface area contributed by atoms with Crippen LogP contribution in [-0.2, 0) is 0 Å². The smallest absolute Gasteiger partial charge is 0.123 e. The molecule has 0 bridgehead atoms. The number of aliphatic hydroxyl groups excluding tert-OH is 1. The molecule has 1 heterocycles. The molecular formula is C18H26FNO. The van der Waals surface area contributed by atoms with Crippen LogP contribution in [0, 0.1) is 11.7 Å². The first kappa shape index (κ1) is 15.0. The summed E-state index contributed by atoms with van der Waals surface area (Å²) in [5.41, 5.74) is 0.701. The molecule has 21 heavy (non-hydrogen) atoms. The molecule has 1 N–H and O–H groups in total. The van der Waals surface area contributed by atoms with E-state index in [9.17, 15) is 9.50 Å². The van der Waals surface area contributed by atoms with E-state index >= 15 is 0 Å². The van der Waals surface area contributed by atoms with Crippen molar-refractivity contribution in [2.24, 2.45) is 5.92 Å². The van der Waals surface area contributed by atoms with Gasteiger partial charge in [0.25, 0.3) is 0 Å². The molecular weight excluding hydrogens is 265 g/mol. The molecule has 1 saturated carbocycles. The van der Waals surface area contributed by atoms with Gasteiger partial charge in [-0.1, -0.05) is 25.0 Å². The van der Waals surface area contributed by atoms with Gasteiger partial charge in [-0.25, -0.2) is 4.39 Å². The largest absolute Gasteiger partial charge is 0.388 e. The second-order valence-electron chi connectivity index (χ2n) is 6.65. The van der Waals surface area contributed by atoms with Crippen molar-refractivity contribution in [3.05, 3.63) is 35.6 Å². The molecule has 0 amide bonds. The van der Waals surface area contributed by atoms with Gasteiger partial charge in [0.05, 0.1) is 6.10 Å². The first-order valence-corrected chi connectivity index (χ1v) is 8.41. The second kappa shape index (κ2) is 6.89. The zero-order chi connectivity index (χ0) is 14.7. The molecule has 0 aromatic heterocycles. The van der Waals surface area contributed by atoms with E-state index in [2.05, 4.69) is 4.90 Å². The third-order valence-corrected chi connectivity index (χ3v) is 5.28. The molecule has 3 heteroatoms. The number of aliphatic hydroxyl groups is 1. The van der Waals surface area contributed by atoms with Crippen LogP contribution in [0.2, 0.25) is 0 Å². The molecule has 2 aliphatic rings. The summed E-state index contributed by atoms with van der Waals surface area (Å²) in [6.45, 7) is 2.09. The van der Waals surface area contributed by atoms with E-state index in [4.69, 9.17) is 0 Å². The van der Waals surface area contributed by atoms with Gasteiger partial charge in [0, 0.05) is 12.6 Å². The van der Waals surface area contributed by atoms with Crippen LogP contribution in [0.1, 0.15) is 56.6 Å². The monoisotopic (exact) mass is 291 g/mol. The Bertz CT molecular complexity index is 458. The number of nitrogens with zero attached hydrogens (tertiary/aromatic N) is 1. The Morgan fingerprint density at radius 3 is 2.76 bits per heavy atom. The van der Waals surface area contributed by atoms with E-state index in [0.717, 1.165) is 25.0 Å². The molecule has 0 spiro atoms. The van der Waals surface area contributed by atoms with Crippen molar-refractivity contribution >= 4 is 0 Å². The van der Waals surface area contributed by atoms with E-state index in [0.29, 0.717) is 12.0 Å². The van der Waals surface area contributed by atoms with E-state index in [1.807, 2.05) is 6.07 Å². The quantitative estimate of drug-likeness (QED) is 0.889. The molecule has 2 fully saturated rings. The lowest BCUT2D eigenvalue weighted by molar-refractivity contribution is 0.123. The summed E-state index contributed by atoms with van der Waals surface area (Å²) in [4.78, 5) is 2.57. The van der Waals surface area contributed by atoms with Gasteiger partial charge in [-0.15, -0.1) is 0 Å². The molecule has 1 saturated heterocycles. The molecule has 116 valence electrons. The van der Waals surface area contributed by atoms with Crippen LogP contribution in [0.5, 0.6) is 0 Å². The van der Waals surface area contributed by atoms with Crippen molar-refractivity contribution in [3.63, 3.8) is 0 Å². The van der Waals surface area contributed by atoms with Crippen molar-refractivity contribution < 1.29 is 9.50 Å². The van der Waals surface area contributed by atoms with Crippen molar-refractivity contribution in [1.29, 1.82) is 0 Å². The Kier molecular flexibility index (Phi) is 4.91. The van der Waals surface area contributed by atoms with Gasteiger partial charge in [0.1, 0.15) is 5.82 Å². The van der Waals surface area contributed by atoms with Gasteiger partial charge in [-0.2, -0.15) is 0 Å². The summed E-state index contributed by atoms with van der Waals surface area (Å²) in [6.07, 6.45) is 8.30. The standard InChI is InChI=1S/C18H26FNO/c19-16-8-3-7-15(13-16)18(21)10-12-20-11-4-9-17(20)14-5-1-2-6-14/h3,7-8,13-14,17-18,21H,1-2,4-6,9-12H2. The van der Waals surface area contributed by atoms with Crippen LogP contribution in [0.4, 0.5) is 4.39 Å². The van der Waals surface area contributed by atoms with Crippen molar-refractivity contribution in [3.8, 4) is 0 Å². The molecule has 1 aliphatic heterocycles. The summed E-state index contributed by atoms with van der Waals surface area (Å²) in [5, 5.41) is 10.3. The normalized spacial score (nSPS) is 25.5. The van der Waals surface area contributed by atoms with Gasteiger partial charge < -0.3 is 10.0 Å². The van der Waals surface area contributed by atoms with Crippen molar-refractivity contribution in [2.45, 2.75) is 57.1 Å². The molecule has 0 radical (unpaired) electrons. The Labute approximate surface area is 127 Å². The van der Waals surface area contributed by atoms with Gasteiger partial charge in [-0.3, -0.25) is 0 Å².